The smallest absolute Gasteiger partial charge is 0.136 e. The van der Waals surface area contributed by atoms with Crippen LogP contribution in [0.4, 0.5) is 0 Å². The van der Waals surface area contributed by atoms with Gasteiger partial charge in [-0.05, 0) is 18.6 Å². The van der Waals surface area contributed by atoms with Crippen molar-refractivity contribution in [1.29, 1.82) is 0 Å². The molecule has 0 spiro atoms. The predicted molar refractivity (Wildman–Crippen MR) is 73.1 cm³/mol. The van der Waals surface area contributed by atoms with Crippen LogP contribution < -0.4 is 0 Å². The molecule has 19 heavy (non-hydrogen) atoms. The van der Waals surface area contributed by atoms with E-state index in [1.165, 1.54) is 0 Å². The molecule has 0 amide bonds. The lowest BCUT2D eigenvalue weighted by Gasteiger charge is -2.08. The molecule has 0 saturated heterocycles. The number of fused-ring (bicyclic) bond motifs is 1. The topological polar surface area (TPSA) is 51.8 Å². The van der Waals surface area contributed by atoms with E-state index in [-0.39, 0.29) is 6.61 Å². The minimum Gasteiger partial charge on any atom is -0.458 e. The van der Waals surface area contributed by atoms with Gasteiger partial charge in [0.25, 0.3) is 0 Å². The second-order valence-electron chi connectivity index (χ2n) is 4.39. The van der Waals surface area contributed by atoms with Crippen molar-refractivity contribution in [3.05, 3.63) is 36.1 Å². The van der Waals surface area contributed by atoms with Gasteiger partial charge >= 0.3 is 0 Å². The third kappa shape index (κ3) is 4.06. The van der Waals surface area contributed by atoms with Gasteiger partial charge < -0.3 is 19.0 Å². The summed E-state index contributed by atoms with van der Waals surface area (Å²) in [5.41, 5.74) is 0.780. The molecule has 0 aliphatic heterocycles. The number of ether oxygens (including phenoxy) is 2. The van der Waals surface area contributed by atoms with Crippen LogP contribution in [-0.4, -0.2) is 31.5 Å². The van der Waals surface area contributed by atoms with Crippen LogP contribution in [-0.2, 0) is 9.47 Å². The van der Waals surface area contributed by atoms with Crippen LogP contribution >= 0.6 is 0 Å². The molecule has 1 unspecified atom stereocenters. The van der Waals surface area contributed by atoms with Gasteiger partial charge in [-0.2, -0.15) is 0 Å². The van der Waals surface area contributed by atoms with Crippen LogP contribution in [0.1, 0.15) is 25.2 Å². The predicted octanol–water partition coefficient (Wildman–Crippen LogP) is 2.91. The van der Waals surface area contributed by atoms with Gasteiger partial charge in [-0.25, -0.2) is 0 Å². The van der Waals surface area contributed by atoms with Crippen molar-refractivity contribution in [3.63, 3.8) is 0 Å². The molecule has 1 N–H and O–H groups in total. The Balaban J connectivity index is 1.78. The van der Waals surface area contributed by atoms with E-state index in [0.29, 0.717) is 19.0 Å². The van der Waals surface area contributed by atoms with Gasteiger partial charge in [-0.15, -0.1) is 0 Å². The first-order valence-electron chi connectivity index (χ1n) is 6.63. The largest absolute Gasteiger partial charge is 0.458 e. The number of furan rings is 1. The highest BCUT2D eigenvalue weighted by Crippen LogP contribution is 2.23. The van der Waals surface area contributed by atoms with Crippen LogP contribution in [0.5, 0.6) is 0 Å². The van der Waals surface area contributed by atoms with Gasteiger partial charge in [0.15, 0.2) is 0 Å². The number of rotatable bonds is 8. The van der Waals surface area contributed by atoms with Crippen molar-refractivity contribution in [2.75, 3.05) is 26.4 Å². The zero-order valence-corrected chi connectivity index (χ0v) is 11.2. The quantitative estimate of drug-likeness (QED) is 0.745. The summed E-state index contributed by atoms with van der Waals surface area (Å²) >= 11 is 0. The SMILES string of the molecule is CCCOCCOCC(O)c1cc2ccccc2o1. The van der Waals surface area contributed by atoms with Gasteiger partial charge in [0.1, 0.15) is 17.4 Å². The number of para-hydroxylation sites is 1. The van der Waals surface area contributed by atoms with E-state index in [2.05, 4.69) is 6.92 Å². The lowest BCUT2D eigenvalue weighted by atomic mass is 10.2. The van der Waals surface area contributed by atoms with Crippen molar-refractivity contribution < 1.29 is 19.0 Å². The number of benzene rings is 1. The molecule has 2 rings (SSSR count). The molecule has 1 heterocycles. The van der Waals surface area contributed by atoms with E-state index in [1.807, 2.05) is 30.3 Å². The molecule has 4 heteroatoms. The van der Waals surface area contributed by atoms with Crippen LogP contribution in [0.3, 0.4) is 0 Å². The summed E-state index contributed by atoms with van der Waals surface area (Å²) in [6.07, 6.45) is 0.264. The second kappa shape index (κ2) is 7.28. The summed E-state index contributed by atoms with van der Waals surface area (Å²) in [5, 5.41) is 11.0. The Morgan fingerprint density at radius 1 is 1.16 bits per heavy atom. The highest BCUT2D eigenvalue weighted by molar-refractivity contribution is 5.77. The first-order valence-corrected chi connectivity index (χ1v) is 6.63. The van der Waals surface area contributed by atoms with Gasteiger partial charge in [0.05, 0.1) is 19.8 Å². The van der Waals surface area contributed by atoms with E-state index in [4.69, 9.17) is 13.9 Å². The van der Waals surface area contributed by atoms with Gasteiger partial charge in [-0.3, -0.25) is 0 Å². The van der Waals surface area contributed by atoms with E-state index in [1.54, 1.807) is 0 Å². The number of hydrogen-bond donors (Lipinski definition) is 1. The average Bonchev–Trinajstić information content (AvgIpc) is 2.86. The van der Waals surface area contributed by atoms with Crippen LogP contribution in [0.25, 0.3) is 11.0 Å². The molecule has 0 fully saturated rings. The maximum absolute atomic E-state index is 9.96. The Hall–Kier alpha value is -1.36. The monoisotopic (exact) mass is 264 g/mol. The zero-order chi connectivity index (χ0) is 13.5. The van der Waals surface area contributed by atoms with Gasteiger partial charge in [0, 0.05) is 12.0 Å². The highest BCUT2D eigenvalue weighted by Gasteiger charge is 2.13. The second-order valence-corrected chi connectivity index (χ2v) is 4.39. The number of hydrogen-bond acceptors (Lipinski definition) is 4. The summed E-state index contributed by atoms with van der Waals surface area (Å²) in [4.78, 5) is 0. The average molecular weight is 264 g/mol. The molecule has 4 nitrogen and oxygen atoms in total. The maximum atomic E-state index is 9.96. The molecule has 0 radical (unpaired) electrons. The fourth-order valence-electron chi connectivity index (χ4n) is 1.81. The van der Waals surface area contributed by atoms with Crippen molar-refractivity contribution >= 4 is 11.0 Å². The molecule has 0 bridgehead atoms. The minimum absolute atomic E-state index is 0.218. The first kappa shape index (κ1) is 14.1. The standard InChI is InChI=1S/C15H20O4/c1-2-7-17-8-9-18-11-13(16)15-10-12-5-3-4-6-14(12)19-15/h3-6,10,13,16H,2,7-9,11H2,1H3. The fourth-order valence-corrected chi connectivity index (χ4v) is 1.81. The molecular weight excluding hydrogens is 244 g/mol. The summed E-state index contributed by atoms with van der Waals surface area (Å²) in [7, 11) is 0. The van der Waals surface area contributed by atoms with Crippen LogP contribution in [0, 0.1) is 0 Å². The van der Waals surface area contributed by atoms with E-state index in [0.717, 1.165) is 24.0 Å². The van der Waals surface area contributed by atoms with E-state index < -0.39 is 6.10 Å². The lowest BCUT2D eigenvalue weighted by molar-refractivity contribution is -0.00291. The molecule has 1 aromatic heterocycles. The summed E-state index contributed by atoms with van der Waals surface area (Å²) < 4.78 is 16.2. The summed E-state index contributed by atoms with van der Waals surface area (Å²) in [5.74, 6) is 0.538. The maximum Gasteiger partial charge on any atom is 0.136 e. The molecule has 0 aliphatic carbocycles. The fraction of sp³-hybridized carbons (Fsp3) is 0.467. The summed E-state index contributed by atoms with van der Waals surface area (Å²) in [6.45, 7) is 4.06. The number of aliphatic hydroxyl groups is 1. The van der Waals surface area contributed by atoms with Crippen molar-refractivity contribution in [2.45, 2.75) is 19.4 Å². The molecule has 0 saturated carbocycles. The van der Waals surface area contributed by atoms with Crippen LogP contribution in [0.2, 0.25) is 0 Å². The normalized spacial score (nSPS) is 12.9. The third-order valence-electron chi connectivity index (χ3n) is 2.77. The van der Waals surface area contributed by atoms with Crippen molar-refractivity contribution in [2.24, 2.45) is 0 Å². The molecule has 1 atom stereocenters. The molecule has 2 aromatic rings. The van der Waals surface area contributed by atoms with Gasteiger partial charge in [0.2, 0.25) is 0 Å². The zero-order valence-electron chi connectivity index (χ0n) is 11.2. The number of aliphatic hydroxyl groups excluding tert-OH is 1. The minimum atomic E-state index is -0.737. The Morgan fingerprint density at radius 2 is 1.95 bits per heavy atom. The summed E-state index contributed by atoms with van der Waals surface area (Å²) in [6, 6.07) is 9.52. The molecule has 1 aromatic carbocycles. The van der Waals surface area contributed by atoms with E-state index >= 15 is 0 Å². The Morgan fingerprint density at radius 3 is 2.74 bits per heavy atom. The molecule has 0 aliphatic rings. The van der Waals surface area contributed by atoms with Crippen molar-refractivity contribution in [3.8, 4) is 0 Å². The molecular formula is C15H20O4. The van der Waals surface area contributed by atoms with Crippen molar-refractivity contribution in [1.82, 2.24) is 0 Å². The Bertz CT molecular complexity index is 459. The van der Waals surface area contributed by atoms with Gasteiger partial charge in [-0.1, -0.05) is 25.1 Å². The van der Waals surface area contributed by atoms with E-state index in [9.17, 15) is 5.11 Å². The third-order valence-corrected chi connectivity index (χ3v) is 2.77. The molecule has 104 valence electrons. The first-order chi connectivity index (χ1) is 9.31. The highest BCUT2D eigenvalue weighted by atomic mass is 16.5. The lowest BCUT2D eigenvalue weighted by Crippen LogP contribution is -2.11. The Kier molecular flexibility index (Phi) is 5.39. The van der Waals surface area contributed by atoms with Crippen LogP contribution in [0.15, 0.2) is 34.7 Å². The Labute approximate surface area is 112 Å².